The van der Waals surface area contributed by atoms with Gasteiger partial charge in [0.05, 0.1) is 12.4 Å². The summed E-state index contributed by atoms with van der Waals surface area (Å²) in [7, 11) is 1.64. The van der Waals surface area contributed by atoms with Gasteiger partial charge in [-0.05, 0) is 31.9 Å². The van der Waals surface area contributed by atoms with Crippen LogP contribution in [0.3, 0.4) is 0 Å². The number of ether oxygens (including phenoxy) is 2. The first-order chi connectivity index (χ1) is 10.7. The summed E-state index contributed by atoms with van der Waals surface area (Å²) in [5.41, 5.74) is 0. The second-order valence-electron chi connectivity index (χ2n) is 5.98. The molecule has 0 spiro atoms. The summed E-state index contributed by atoms with van der Waals surface area (Å²) in [6, 6.07) is 3.86. The topological polar surface area (TPSA) is 51.8 Å². The van der Waals surface area contributed by atoms with Gasteiger partial charge in [0, 0.05) is 7.11 Å². The highest BCUT2D eigenvalue weighted by Gasteiger charge is 2.14. The minimum absolute atomic E-state index is 0.000918. The van der Waals surface area contributed by atoms with Crippen molar-refractivity contribution in [2.75, 3.05) is 13.9 Å². The minimum atomic E-state index is -0.148. The van der Waals surface area contributed by atoms with Gasteiger partial charge in [-0.25, -0.2) is 0 Å². The van der Waals surface area contributed by atoms with Crippen molar-refractivity contribution < 1.29 is 19.0 Å². The lowest BCUT2D eigenvalue weighted by Crippen LogP contribution is -2.06. The molecule has 0 aliphatic heterocycles. The summed E-state index contributed by atoms with van der Waals surface area (Å²) in [6.07, 6.45) is 12.0. The molecule has 0 amide bonds. The van der Waals surface area contributed by atoms with Crippen molar-refractivity contribution in [1.29, 1.82) is 0 Å². The predicted octanol–water partition coefficient (Wildman–Crippen LogP) is 4.83. The van der Waals surface area contributed by atoms with Gasteiger partial charge in [0.25, 0.3) is 0 Å². The number of hydrogen-bond acceptors (Lipinski definition) is 4. The number of rotatable bonds is 14. The van der Waals surface area contributed by atoms with Crippen LogP contribution in [0.4, 0.5) is 0 Å². The lowest BCUT2D eigenvalue weighted by atomic mass is 10.0. The van der Waals surface area contributed by atoms with E-state index in [2.05, 4.69) is 0 Å². The SMILES string of the molecule is COCO[C@@H](CCCCCCCCC[C@@H](C)O)c1ccco1. The number of unbranched alkanes of at least 4 members (excludes halogenated alkanes) is 6. The lowest BCUT2D eigenvalue weighted by molar-refractivity contribution is -0.0829. The molecule has 128 valence electrons. The average molecular weight is 312 g/mol. The maximum atomic E-state index is 9.19. The van der Waals surface area contributed by atoms with E-state index in [1.54, 1.807) is 13.4 Å². The summed E-state index contributed by atoms with van der Waals surface area (Å²) >= 11 is 0. The lowest BCUT2D eigenvalue weighted by Gasteiger charge is -2.15. The van der Waals surface area contributed by atoms with Gasteiger partial charge < -0.3 is 19.0 Å². The maximum Gasteiger partial charge on any atom is 0.147 e. The quantitative estimate of drug-likeness (QED) is 0.395. The molecule has 0 unspecified atom stereocenters. The van der Waals surface area contributed by atoms with E-state index < -0.39 is 0 Å². The summed E-state index contributed by atoms with van der Waals surface area (Å²) in [5.74, 6) is 0.884. The van der Waals surface area contributed by atoms with Gasteiger partial charge in [0.1, 0.15) is 18.7 Å². The van der Waals surface area contributed by atoms with E-state index in [0.29, 0.717) is 6.79 Å². The number of methoxy groups -OCH3 is 1. The fourth-order valence-corrected chi connectivity index (χ4v) is 2.59. The first-order valence-electron chi connectivity index (χ1n) is 8.56. The van der Waals surface area contributed by atoms with Gasteiger partial charge in [0.15, 0.2) is 0 Å². The fourth-order valence-electron chi connectivity index (χ4n) is 2.59. The van der Waals surface area contributed by atoms with Crippen molar-refractivity contribution in [1.82, 2.24) is 0 Å². The Bertz CT molecular complexity index is 335. The molecule has 22 heavy (non-hydrogen) atoms. The molecule has 0 bridgehead atoms. The Morgan fingerprint density at radius 2 is 1.68 bits per heavy atom. The highest BCUT2D eigenvalue weighted by Crippen LogP contribution is 2.24. The second kappa shape index (κ2) is 12.7. The van der Waals surface area contributed by atoms with Crippen LogP contribution in [-0.2, 0) is 9.47 Å². The number of aliphatic hydroxyl groups is 1. The van der Waals surface area contributed by atoms with Gasteiger partial charge in [-0.2, -0.15) is 0 Å². The van der Waals surface area contributed by atoms with E-state index in [1.165, 1.54) is 32.1 Å². The Balaban J connectivity index is 2.03. The monoisotopic (exact) mass is 312 g/mol. The number of furan rings is 1. The molecular formula is C18H32O4. The average Bonchev–Trinajstić information content (AvgIpc) is 3.02. The molecule has 2 atom stereocenters. The van der Waals surface area contributed by atoms with Crippen LogP contribution in [0.2, 0.25) is 0 Å². The number of aliphatic hydroxyl groups excluding tert-OH is 1. The van der Waals surface area contributed by atoms with E-state index in [1.807, 2.05) is 19.1 Å². The maximum absolute atomic E-state index is 9.19. The van der Waals surface area contributed by atoms with Crippen LogP contribution in [0.1, 0.15) is 76.6 Å². The zero-order valence-electron chi connectivity index (χ0n) is 14.1. The van der Waals surface area contributed by atoms with E-state index in [9.17, 15) is 5.11 Å². The van der Waals surface area contributed by atoms with E-state index >= 15 is 0 Å². The first kappa shape index (κ1) is 19.2. The van der Waals surface area contributed by atoms with Gasteiger partial charge in [-0.3, -0.25) is 0 Å². The molecule has 0 saturated heterocycles. The molecule has 1 heterocycles. The minimum Gasteiger partial charge on any atom is -0.467 e. The van der Waals surface area contributed by atoms with E-state index in [-0.39, 0.29) is 12.2 Å². The molecule has 1 aromatic rings. The highest BCUT2D eigenvalue weighted by molar-refractivity contribution is 5.02. The molecule has 0 saturated carbocycles. The molecule has 0 radical (unpaired) electrons. The van der Waals surface area contributed by atoms with Crippen molar-refractivity contribution in [3.8, 4) is 0 Å². The van der Waals surface area contributed by atoms with Crippen molar-refractivity contribution in [3.05, 3.63) is 24.2 Å². The largest absolute Gasteiger partial charge is 0.467 e. The Kier molecular flexibility index (Phi) is 11.1. The van der Waals surface area contributed by atoms with Crippen molar-refractivity contribution in [3.63, 3.8) is 0 Å². The third kappa shape index (κ3) is 9.23. The third-order valence-electron chi connectivity index (χ3n) is 3.84. The predicted molar refractivity (Wildman–Crippen MR) is 87.6 cm³/mol. The molecule has 0 aromatic carbocycles. The third-order valence-corrected chi connectivity index (χ3v) is 3.84. The van der Waals surface area contributed by atoms with Crippen molar-refractivity contribution in [2.45, 2.75) is 76.9 Å². The molecule has 0 aliphatic carbocycles. The van der Waals surface area contributed by atoms with Gasteiger partial charge >= 0.3 is 0 Å². The van der Waals surface area contributed by atoms with Crippen LogP contribution in [-0.4, -0.2) is 25.1 Å². The Morgan fingerprint density at radius 1 is 1.05 bits per heavy atom. The van der Waals surface area contributed by atoms with Crippen LogP contribution in [0, 0.1) is 0 Å². The highest BCUT2D eigenvalue weighted by atomic mass is 16.7. The zero-order valence-corrected chi connectivity index (χ0v) is 14.1. The summed E-state index contributed by atoms with van der Waals surface area (Å²) in [5, 5.41) is 9.19. The Hall–Kier alpha value is -0.840. The van der Waals surface area contributed by atoms with Gasteiger partial charge in [-0.15, -0.1) is 0 Å². The molecule has 0 fully saturated rings. The van der Waals surface area contributed by atoms with E-state index in [4.69, 9.17) is 13.9 Å². The van der Waals surface area contributed by atoms with Crippen molar-refractivity contribution in [2.24, 2.45) is 0 Å². The summed E-state index contributed by atoms with van der Waals surface area (Å²) < 4.78 is 16.1. The van der Waals surface area contributed by atoms with Crippen LogP contribution in [0.25, 0.3) is 0 Å². The van der Waals surface area contributed by atoms with Crippen LogP contribution < -0.4 is 0 Å². The summed E-state index contributed by atoms with van der Waals surface area (Å²) in [6.45, 7) is 2.16. The standard InChI is InChI=1S/C18H32O4/c1-16(19)11-8-6-4-3-5-7-9-12-18(22-15-20-2)17-13-10-14-21-17/h10,13-14,16,18-19H,3-9,11-12,15H2,1-2H3/t16-,18+/m1/s1. The first-order valence-corrected chi connectivity index (χ1v) is 8.56. The van der Waals surface area contributed by atoms with Gasteiger partial charge in [0.2, 0.25) is 0 Å². The van der Waals surface area contributed by atoms with Gasteiger partial charge in [-0.1, -0.05) is 44.9 Å². The second-order valence-corrected chi connectivity index (χ2v) is 5.98. The van der Waals surface area contributed by atoms with Crippen molar-refractivity contribution >= 4 is 0 Å². The fraction of sp³-hybridized carbons (Fsp3) is 0.778. The normalized spacial score (nSPS) is 14.1. The smallest absolute Gasteiger partial charge is 0.147 e. The Labute approximate surface area is 134 Å². The van der Waals surface area contributed by atoms with Crippen LogP contribution in [0.15, 0.2) is 22.8 Å². The van der Waals surface area contributed by atoms with Crippen LogP contribution in [0.5, 0.6) is 0 Å². The summed E-state index contributed by atoms with van der Waals surface area (Å²) in [4.78, 5) is 0. The molecule has 4 heteroatoms. The molecule has 4 nitrogen and oxygen atoms in total. The van der Waals surface area contributed by atoms with E-state index in [0.717, 1.165) is 31.4 Å². The number of hydrogen-bond donors (Lipinski definition) is 1. The molecule has 1 rings (SSSR count). The Morgan fingerprint density at radius 3 is 2.23 bits per heavy atom. The van der Waals surface area contributed by atoms with Crippen LogP contribution >= 0.6 is 0 Å². The molecule has 0 aliphatic rings. The molecular weight excluding hydrogens is 280 g/mol. The zero-order chi connectivity index (χ0) is 16.0. The molecule has 1 aromatic heterocycles. The molecule has 1 N–H and O–H groups in total.